The maximum Gasteiger partial charge on any atom is 0.321 e. The third kappa shape index (κ3) is 6.12. The molecule has 160 valence electrons. The highest BCUT2D eigenvalue weighted by molar-refractivity contribution is 9.10. The Morgan fingerprint density at radius 2 is 1.87 bits per heavy atom. The quantitative estimate of drug-likeness (QED) is 0.649. The second-order valence-corrected chi connectivity index (χ2v) is 8.42. The van der Waals surface area contributed by atoms with E-state index in [1.807, 2.05) is 23.1 Å². The minimum atomic E-state index is -0.172. The van der Waals surface area contributed by atoms with Gasteiger partial charge in [-0.05, 0) is 64.7 Å². The molecular formula is C22H25BrClN3O3. The van der Waals surface area contributed by atoms with Crippen molar-refractivity contribution in [3.63, 3.8) is 0 Å². The molecule has 2 aromatic rings. The predicted molar refractivity (Wildman–Crippen MR) is 122 cm³/mol. The summed E-state index contributed by atoms with van der Waals surface area (Å²) < 4.78 is 6.12. The molecule has 0 spiro atoms. The van der Waals surface area contributed by atoms with Crippen molar-refractivity contribution in [2.24, 2.45) is 0 Å². The summed E-state index contributed by atoms with van der Waals surface area (Å²) in [6, 6.07) is 12.7. The van der Waals surface area contributed by atoms with E-state index in [1.165, 1.54) is 0 Å². The number of rotatable bonds is 5. The molecule has 3 rings (SSSR count). The lowest BCUT2D eigenvalue weighted by molar-refractivity contribution is -0.131. The normalized spacial score (nSPS) is 14.2. The van der Waals surface area contributed by atoms with Gasteiger partial charge in [-0.2, -0.15) is 0 Å². The first-order chi connectivity index (χ1) is 14.5. The molecule has 0 bridgehead atoms. The van der Waals surface area contributed by atoms with Crippen LogP contribution in [0.1, 0.15) is 18.4 Å². The summed E-state index contributed by atoms with van der Waals surface area (Å²) in [6.45, 7) is 2.31. The summed E-state index contributed by atoms with van der Waals surface area (Å²) in [7, 11) is 1.63. The van der Waals surface area contributed by atoms with Crippen molar-refractivity contribution in [3.8, 4) is 5.75 Å². The van der Waals surface area contributed by atoms with Crippen molar-refractivity contribution in [2.45, 2.75) is 19.3 Å². The lowest BCUT2D eigenvalue weighted by Crippen LogP contribution is -2.39. The number of amides is 3. The summed E-state index contributed by atoms with van der Waals surface area (Å²) in [4.78, 5) is 28.8. The number of anilines is 1. The highest BCUT2D eigenvalue weighted by atomic mass is 79.9. The number of nitrogens with zero attached hydrogens (tertiary/aromatic N) is 2. The smallest absolute Gasteiger partial charge is 0.321 e. The Morgan fingerprint density at radius 3 is 2.60 bits per heavy atom. The number of urea groups is 1. The molecule has 1 aliphatic rings. The number of halogens is 2. The number of carbonyl (C=O) groups excluding carboxylic acids is 2. The van der Waals surface area contributed by atoms with E-state index in [4.69, 9.17) is 16.3 Å². The molecule has 3 amide bonds. The van der Waals surface area contributed by atoms with Gasteiger partial charge in [0.15, 0.2) is 0 Å². The fraction of sp³-hybridized carbons (Fsp3) is 0.364. The highest BCUT2D eigenvalue weighted by Crippen LogP contribution is 2.26. The molecule has 30 heavy (non-hydrogen) atoms. The first-order valence-corrected chi connectivity index (χ1v) is 11.0. The minimum Gasteiger partial charge on any atom is -0.496 e. The zero-order valence-electron chi connectivity index (χ0n) is 16.9. The molecule has 0 aromatic heterocycles. The van der Waals surface area contributed by atoms with Crippen molar-refractivity contribution >= 4 is 45.2 Å². The van der Waals surface area contributed by atoms with Crippen LogP contribution in [-0.2, 0) is 11.2 Å². The third-order valence-corrected chi connectivity index (χ3v) is 5.91. The number of hydrogen-bond acceptors (Lipinski definition) is 3. The summed E-state index contributed by atoms with van der Waals surface area (Å²) in [6.07, 6.45) is 1.85. The van der Waals surface area contributed by atoms with E-state index in [0.29, 0.717) is 49.7 Å². The Kier molecular flexibility index (Phi) is 7.99. The number of nitrogens with one attached hydrogen (secondary N) is 1. The third-order valence-electron chi connectivity index (χ3n) is 5.06. The maximum absolute atomic E-state index is 12.7. The molecule has 8 heteroatoms. The van der Waals surface area contributed by atoms with Crippen LogP contribution in [0, 0.1) is 0 Å². The summed E-state index contributed by atoms with van der Waals surface area (Å²) in [5, 5.41) is 3.44. The second kappa shape index (κ2) is 10.7. The summed E-state index contributed by atoms with van der Waals surface area (Å²) in [5.74, 6) is 0.882. The Hall–Kier alpha value is -2.25. The van der Waals surface area contributed by atoms with E-state index in [2.05, 4.69) is 21.2 Å². The lowest BCUT2D eigenvalue weighted by Gasteiger charge is -2.22. The molecular weight excluding hydrogens is 470 g/mol. The van der Waals surface area contributed by atoms with Gasteiger partial charge in [0.25, 0.3) is 0 Å². The molecule has 0 saturated carbocycles. The molecule has 0 atom stereocenters. The zero-order valence-corrected chi connectivity index (χ0v) is 19.2. The molecule has 1 fully saturated rings. The van der Waals surface area contributed by atoms with Crippen LogP contribution in [0.4, 0.5) is 10.5 Å². The molecule has 0 radical (unpaired) electrons. The molecule has 2 aromatic carbocycles. The van der Waals surface area contributed by atoms with Crippen LogP contribution in [-0.4, -0.2) is 55.0 Å². The molecule has 1 heterocycles. The van der Waals surface area contributed by atoms with Crippen LogP contribution in [0.5, 0.6) is 5.75 Å². The van der Waals surface area contributed by atoms with Crippen LogP contribution in [0.3, 0.4) is 0 Å². The number of hydrogen-bond donors (Lipinski definition) is 1. The molecule has 1 N–H and O–H groups in total. The number of aryl methyl sites for hydroxylation is 1. The van der Waals surface area contributed by atoms with Gasteiger partial charge in [0.1, 0.15) is 5.75 Å². The van der Waals surface area contributed by atoms with E-state index in [1.54, 1.807) is 36.3 Å². The lowest BCUT2D eigenvalue weighted by atomic mass is 10.1. The van der Waals surface area contributed by atoms with Gasteiger partial charge in [0.05, 0.1) is 11.6 Å². The molecule has 1 saturated heterocycles. The first-order valence-electron chi connectivity index (χ1n) is 9.88. The summed E-state index contributed by atoms with van der Waals surface area (Å²) in [5.41, 5.74) is 1.74. The number of carbonyl (C=O) groups is 2. The van der Waals surface area contributed by atoms with Crippen LogP contribution >= 0.6 is 27.5 Å². The van der Waals surface area contributed by atoms with Gasteiger partial charge >= 0.3 is 6.03 Å². The van der Waals surface area contributed by atoms with E-state index in [0.717, 1.165) is 22.2 Å². The first kappa shape index (κ1) is 22.4. The average Bonchev–Trinajstić information content (AvgIpc) is 2.98. The van der Waals surface area contributed by atoms with Crippen molar-refractivity contribution in [3.05, 3.63) is 57.5 Å². The standard InChI is InChI=1S/C22H25BrClN3O3/c1-30-20-8-6-16(14-19(20)23)7-9-21(28)26-10-3-11-27(13-12-26)22(29)25-18-5-2-4-17(24)15-18/h2,4-6,8,14-15H,3,7,9-13H2,1H3,(H,25,29). The largest absolute Gasteiger partial charge is 0.496 e. The second-order valence-electron chi connectivity index (χ2n) is 7.13. The maximum atomic E-state index is 12.7. The Balaban J connectivity index is 1.49. The van der Waals surface area contributed by atoms with Gasteiger partial charge in [-0.25, -0.2) is 4.79 Å². The number of ether oxygens (including phenoxy) is 1. The van der Waals surface area contributed by atoms with Crippen molar-refractivity contribution in [1.29, 1.82) is 0 Å². The van der Waals surface area contributed by atoms with Crippen molar-refractivity contribution in [1.82, 2.24) is 9.80 Å². The van der Waals surface area contributed by atoms with Crippen LogP contribution in [0.25, 0.3) is 0 Å². The highest BCUT2D eigenvalue weighted by Gasteiger charge is 2.22. The fourth-order valence-electron chi connectivity index (χ4n) is 3.41. The number of methoxy groups -OCH3 is 1. The van der Waals surface area contributed by atoms with Gasteiger partial charge < -0.3 is 19.9 Å². The van der Waals surface area contributed by atoms with Gasteiger partial charge in [0, 0.05) is 43.3 Å². The molecule has 0 unspecified atom stereocenters. The molecule has 6 nitrogen and oxygen atoms in total. The Labute approximate surface area is 190 Å². The van der Waals surface area contributed by atoms with Gasteiger partial charge in [-0.15, -0.1) is 0 Å². The van der Waals surface area contributed by atoms with Crippen molar-refractivity contribution < 1.29 is 14.3 Å². The van der Waals surface area contributed by atoms with Gasteiger partial charge in [-0.3, -0.25) is 4.79 Å². The number of benzene rings is 2. The predicted octanol–water partition coefficient (Wildman–Crippen LogP) is 4.81. The van der Waals surface area contributed by atoms with E-state index >= 15 is 0 Å². The zero-order chi connectivity index (χ0) is 21.5. The minimum absolute atomic E-state index is 0.110. The Morgan fingerprint density at radius 1 is 1.10 bits per heavy atom. The van der Waals surface area contributed by atoms with E-state index in [-0.39, 0.29) is 11.9 Å². The van der Waals surface area contributed by atoms with Crippen molar-refractivity contribution in [2.75, 3.05) is 38.6 Å². The summed E-state index contributed by atoms with van der Waals surface area (Å²) >= 11 is 9.45. The topological polar surface area (TPSA) is 61.9 Å². The fourth-order valence-corrected chi connectivity index (χ4v) is 4.19. The molecule has 0 aliphatic carbocycles. The van der Waals surface area contributed by atoms with E-state index in [9.17, 15) is 9.59 Å². The van der Waals surface area contributed by atoms with Crippen LogP contribution < -0.4 is 10.1 Å². The van der Waals surface area contributed by atoms with Gasteiger partial charge in [0.2, 0.25) is 5.91 Å². The van der Waals surface area contributed by atoms with Crippen LogP contribution in [0.15, 0.2) is 46.9 Å². The average molecular weight is 495 g/mol. The van der Waals surface area contributed by atoms with Gasteiger partial charge in [-0.1, -0.05) is 23.7 Å². The van der Waals surface area contributed by atoms with Crippen LogP contribution in [0.2, 0.25) is 5.02 Å². The van der Waals surface area contributed by atoms with E-state index < -0.39 is 0 Å². The SMILES string of the molecule is COc1ccc(CCC(=O)N2CCCN(C(=O)Nc3cccc(Cl)c3)CC2)cc1Br. The monoisotopic (exact) mass is 493 g/mol. The Bertz CT molecular complexity index is 909. The molecule has 1 aliphatic heterocycles.